The molecule has 4 bridgehead atoms. The third-order valence-corrected chi connectivity index (χ3v) is 5.86. The van der Waals surface area contributed by atoms with Gasteiger partial charge in [0.25, 0.3) is 0 Å². The van der Waals surface area contributed by atoms with Gasteiger partial charge in [0.05, 0.1) is 0 Å². The van der Waals surface area contributed by atoms with Crippen molar-refractivity contribution in [1.29, 1.82) is 0 Å². The quantitative estimate of drug-likeness (QED) is 0.815. The maximum atomic E-state index is 12.7. The molecule has 1 heterocycles. The molecule has 5 rings (SSSR count). The van der Waals surface area contributed by atoms with E-state index in [0.29, 0.717) is 5.91 Å². The largest absolute Gasteiger partial charge is 0.356 e. The van der Waals surface area contributed by atoms with Crippen molar-refractivity contribution >= 4 is 5.91 Å². The van der Waals surface area contributed by atoms with Crippen molar-refractivity contribution in [3.8, 4) is 0 Å². The van der Waals surface area contributed by atoms with Crippen molar-refractivity contribution in [3.63, 3.8) is 0 Å². The van der Waals surface area contributed by atoms with Gasteiger partial charge in [0.2, 0.25) is 5.91 Å². The van der Waals surface area contributed by atoms with Gasteiger partial charge in [0.15, 0.2) is 0 Å². The van der Waals surface area contributed by atoms with Crippen LogP contribution in [0.1, 0.15) is 50.8 Å². The number of nitrogens with zero attached hydrogens (tertiary/aromatic N) is 2. The van der Waals surface area contributed by atoms with Crippen molar-refractivity contribution in [2.75, 3.05) is 6.54 Å². The number of hydrogen-bond donors (Lipinski definition) is 2. The van der Waals surface area contributed by atoms with Crippen LogP contribution in [0.3, 0.4) is 0 Å². The number of rotatable bonds is 5. The van der Waals surface area contributed by atoms with Gasteiger partial charge in [-0.15, -0.1) is 0 Å². The summed E-state index contributed by atoms with van der Waals surface area (Å²) in [5, 5.41) is 9.90. The van der Waals surface area contributed by atoms with Gasteiger partial charge in [-0.1, -0.05) is 0 Å². The predicted molar refractivity (Wildman–Crippen MR) is 78.3 cm³/mol. The number of carbonyl (C=O) groups is 1. The first-order chi connectivity index (χ1) is 10.2. The molecule has 4 saturated carbocycles. The van der Waals surface area contributed by atoms with E-state index in [-0.39, 0.29) is 5.41 Å². The van der Waals surface area contributed by atoms with E-state index in [1.54, 1.807) is 0 Å². The lowest BCUT2D eigenvalue weighted by Crippen LogP contribution is -2.53. The Kier molecular flexibility index (Phi) is 3.23. The fourth-order valence-corrected chi connectivity index (χ4v) is 5.39. The van der Waals surface area contributed by atoms with Crippen LogP contribution in [0.2, 0.25) is 0 Å². The van der Waals surface area contributed by atoms with Gasteiger partial charge in [0.1, 0.15) is 12.2 Å². The van der Waals surface area contributed by atoms with Crippen LogP contribution in [-0.4, -0.2) is 27.6 Å². The summed E-state index contributed by atoms with van der Waals surface area (Å²) < 4.78 is 0. The first-order valence-corrected chi connectivity index (χ1v) is 8.36. The van der Waals surface area contributed by atoms with Crippen LogP contribution in [0.25, 0.3) is 0 Å². The molecule has 0 unspecified atom stereocenters. The summed E-state index contributed by atoms with van der Waals surface area (Å²) in [4.78, 5) is 16.8. The Morgan fingerprint density at radius 1 is 1.24 bits per heavy atom. The maximum Gasteiger partial charge on any atom is 0.226 e. The Hall–Kier alpha value is -1.39. The summed E-state index contributed by atoms with van der Waals surface area (Å²) in [6.45, 7) is 0.751. The molecule has 4 fully saturated rings. The minimum Gasteiger partial charge on any atom is -0.356 e. The Labute approximate surface area is 125 Å². The first kappa shape index (κ1) is 13.3. The van der Waals surface area contributed by atoms with Crippen LogP contribution >= 0.6 is 0 Å². The van der Waals surface area contributed by atoms with Crippen LogP contribution in [0, 0.1) is 23.2 Å². The van der Waals surface area contributed by atoms with E-state index in [0.717, 1.165) is 62.2 Å². The van der Waals surface area contributed by atoms with Crippen molar-refractivity contribution < 1.29 is 4.79 Å². The maximum absolute atomic E-state index is 12.7. The molecule has 4 aliphatic carbocycles. The van der Waals surface area contributed by atoms with Gasteiger partial charge in [-0.25, -0.2) is 4.98 Å². The first-order valence-electron chi connectivity index (χ1n) is 8.36. The molecular weight excluding hydrogens is 264 g/mol. The highest BCUT2D eigenvalue weighted by atomic mass is 16.2. The molecule has 5 nitrogen and oxygen atoms in total. The molecule has 0 aliphatic heterocycles. The molecule has 5 heteroatoms. The molecule has 0 aromatic carbocycles. The molecule has 0 saturated heterocycles. The second-order valence-corrected chi connectivity index (χ2v) is 7.49. The van der Waals surface area contributed by atoms with Crippen molar-refractivity contribution in [2.24, 2.45) is 23.2 Å². The summed E-state index contributed by atoms with van der Waals surface area (Å²) in [5.74, 6) is 3.72. The summed E-state index contributed by atoms with van der Waals surface area (Å²) in [7, 11) is 0. The van der Waals surface area contributed by atoms with E-state index in [4.69, 9.17) is 0 Å². The Balaban J connectivity index is 1.31. The summed E-state index contributed by atoms with van der Waals surface area (Å²) in [6.07, 6.45) is 10.9. The van der Waals surface area contributed by atoms with E-state index in [1.807, 2.05) is 0 Å². The number of H-pyrrole nitrogens is 1. The van der Waals surface area contributed by atoms with E-state index in [9.17, 15) is 4.79 Å². The lowest BCUT2D eigenvalue weighted by atomic mass is 9.49. The van der Waals surface area contributed by atoms with Gasteiger partial charge in [-0.05, 0) is 62.7 Å². The molecule has 1 aromatic heterocycles. The van der Waals surface area contributed by atoms with Crippen molar-refractivity contribution in [3.05, 3.63) is 12.2 Å². The fraction of sp³-hybridized carbons (Fsp3) is 0.812. The van der Waals surface area contributed by atoms with Crippen molar-refractivity contribution in [1.82, 2.24) is 20.5 Å². The normalized spacial score (nSPS) is 36.9. The highest BCUT2D eigenvalue weighted by Gasteiger charge is 2.54. The van der Waals surface area contributed by atoms with Gasteiger partial charge in [-0.2, -0.15) is 5.10 Å². The molecule has 114 valence electrons. The SMILES string of the molecule is O=C(NCCCc1ncn[nH]1)C12CC3CC(CC(C3)C1)C2. The molecule has 0 radical (unpaired) electrons. The molecule has 1 amide bonds. The molecule has 2 N–H and O–H groups in total. The van der Waals surface area contributed by atoms with E-state index in [2.05, 4.69) is 20.5 Å². The smallest absolute Gasteiger partial charge is 0.226 e. The Morgan fingerprint density at radius 2 is 1.90 bits per heavy atom. The highest BCUT2D eigenvalue weighted by molar-refractivity contribution is 5.83. The van der Waals surface area contributed by atoms with Crippen LogP contribution in [-0.2, 0) is 11.2 Å². The van der Waals surface area contributed by atoms with Gasteiger partial charge < -0.3 is 5.32 Å². The van der Waals surface area contributed by atoms with Crippen LogP contribution in [0.4, 0.5) is 0 Å². The second kappa shape index (κ2) is 5.11. The van der Waals surface area contributed by atoms with Gasteiger partial charge in [-0.3, -0.25) is 9.89 Å². The van der Waals surface area contributed by atoms with E-state index in [1.165, 1.54) is 25.6 Å². The number of hydrogen-bond acceptors (Lipinski definition) is 3. The van der Waals surface area contributed by atoms with Gasteiger partial charge >= 0.3 is 0 Å². The molecule has 0 atom stereocenters. The summed E-state index contributed by atoms with van der Waals surface area (Å²) in [5.41, 5.74) is -0.0129. The molecular formula is C16H24N4O. The van der Waals surface area contributed by atoms with Crippen LogP contribution in [0.5, 0.6) is 0 Å². The average molecular weight is 288 g/mol. The second-order valence-electron chi connectivity index (χ2n) is 7.49. The number of aryl methyl sites for hydroxylation is 1. The number of carbonyl (C=O) groups excluding carboxylic acids is 1. The van der Waals surface area contributed by atoms with Crippen LogP contribution < -0.4 is 5.32 Å². The van der Waals surface area contributed by atoms with E-state index < -0.39 is 0 Å². The Morgan fingerprint density at radius 3 is 2.48 bits per heavy atom. The molecule has 0 spiro atoms. The highest BCUT2D eigenvalue weighted by Crippen LogP contribution is 2.60. The lowest BCUT2D eigenvalue weighted by molar-refractivity contribution is -0.146. The number of nitrogens with one attached hydrogen (secondary N) is 2. The molecule has 4 aliphatic rings. The minimum absolute atomic E-state index is 0.0129. The number of aromatic nitrogens is 3. The summed E-state index contributed by atoms with van der Waals surface area (Å²) >= 11 is 0. The average Bonchev–Trinajstić information content (AvgIpc) is 2.95. The monoisotopic (exact) mass is 288 g/mol. The zero-order valence-corrected chi connectivity index (χ0v) is 12.5. The Bertz CT molecular complexity index is 475. The number of amides is 1. The molecule has 1 aromatic rings. The van der Waals surface area contributed by atoms with Gasteiger partial charge in [0, 0.05) is 18.4 Å². The third kappa shape index (κ3) is 2.47. The third-order valence-electron chi connectivity index (χ3n) is 5.86. The van der Waals surface area contributed by atoms with Crippen LogP contribution in [0.15, 0.2) is 6.33 Å². The predicted octanol–water partition coefficient (Wildman–Crippen LogP) is 2.07. The standard InChI is InChI=1S/C16H24N4O/c21-15(17-3-1-2-14-18-10-19-20-14)16-7-11-4-12(8-16)6-13(5-11)9-16/h10-13H,1-9H2,(H,17,21)(H,18,19,20). The lowest BCUT2D eigenvalue weighted by Gasteiger charge is -2.55. The zero-order valence-electron chi connectivity index (χ0n) is 12.5. The van der Waals surface area contributed by atoms with Crippen molar-refractivity contribution in [2.45, 2.75) is 51.4 Å². The number of aromatic amines is 1. The summed E-state index contributed by atoms with van der Waals surface area (Å²) in [6, 6.07) is 0. The minimum atomic E-state index is -0.0129. The van der Waals surface area contributed by atoms with E-state index >= 15 is 0 Å². The zero-order chi connectivity index (χ0) is 14.3. The molecule has 21 heavy (non-hydrogen) atoms. The fourth-order valence-electron chi connectivity index (χ4n) is 5.39. The topological polar surface area (TPSA) is 70.7 Å².